The molecule has 1 N–H and O–H groups in total. The van der Waals surface area contributed by atoms with Crippen LogP contribution in [0, 0.1) is 0 Å². The van der Waals surface area contributed by atoms with Gasteiger partial charge in [-0.05, 0) is 35.0 Å². The minimum atomic E-state index is -4.95. The topological polar surface area (TPSA) is 59.7 Å². The molecule has 1 heterocycles. The third kappa shape index (κ3) is 3.08. The molecule has 0 aliphatic heterocycles. The van der Waals surface area contributed by atoms with Crippen molar-refractivity contribution in [1.82, 2.24) is 0 Å². The van der Waals surface area contributed by atoms with Crippen molar-refractivity contribution in [3.63, 3.8) is 0 Å². The van der Waals surface area contributed by atoms with Crippen LogP contribution in [0.2, 0.25) is 0 Å². The third-order valence-corrected chi connectivity index (χ3v) is 4.03. The van der Waals surface area contributed by atoms with Crippen LogP contribution in [0.3, 0.4) is 0 Å². The maximum atomic E-state index is 13.4. The fourth-order valence-corrected chi connectivity index (χ4v) is 2.79. The third-order valence-electron chi connectivity index (χ3n) is 4.03. The molecular weight excluding hydrogens is 361 g/mol. The predicted molar refractivity (Wildman–Crippen MR) is 93.2 cm³/mol. The summed E-state index contributed by atoms with van der Waals surface area (Å²) in [4.78, 5) is 12.6. The number of hydrogen-bond donors (Lipinski definition) is 1. The van der Waals surface area contributed by atoms with E-state index in [1.165, 1.54) is 24.3 Å². The van der Waals surface area contributed by atoms with Crippen molar-refractivity contribution >= 4 is 21.7 Å². The lowest BCUT2D eigenvalue weighted by molar-refractivity contribution is -0.154. The fraction of sp³-hybridized carbons (Fsp3) is 0.0500. The summed E-state index contributed by atoms with van der Waals surface area (Å²) in [5.74, 6) is -2.75. The average molecular weight is 372 g/mol. The molecule has 0 aliphatic rings. The second-order valence-corrected chi connectivity index (χ2v) is 5.88. The number of alkyl halides is 3. The summed E-state index contributed by atoms with van der Waals surface area (Å²) in [5.41, 5.74) is -1.35. The molecular formula is C20H11F3O4. The number of fused-ring (bicyclic) bond motifs is 2. The minimum Gasteiger partial charge on any atom is -0.508 e. The summed E-state index contributed by atoms with van der Waals surface area (Å²) < 4.78 is 50.5. The van der Waals surface area contributed by atoms with Crippen molar-refractivity contribution in [2.75, 3.05) is 0 Å². The lowest BCUT2D eigenvalue weighted by Gasteiger charge is -2.13. The van der Waals surface area contributed by atoms with Crippen LogP contribution in [0.15, 0.2) is 69.9 Å². The fourth-order valence-electron chi connectivity index (χ4n) is 2.79. The molecule has 3 aromatic carbocycles. The predicted octanol–water partition coefficient (Wildman–Crippen LogP) is 5.46. The summed E-state index contributed by atoms with van der Waals surface area (Å²) in [6.45, 7) is 0. The molecule has 7 heteroatoms. The van der Waals surface area contributed by atoms with Crippen LogP contribution >= 0.6 is 0 Å². The number of rotatable bonds is 2. The Balaban J connectivity index is 1.92. The van der Waals surface area contributed by atoms with Crippen molar-refractivity contribution in [3.05, 3.63) is 76.6 Å². The minimum absolute atomic E-state index is 0.0737. The van der Waals surface area contributed by atoms with E-state index in [0.717, 1.165) is 16.8 Å². The van der Waals surface area contributed by atoms with E-state index in [2.05, 4.69) is 0 Å². The molecule has 0 bridgehead atoms. The van der Waals surface area contributed by atoms with Crippen LogP contribution in [-0.4, -0.2) is 5.11 Å². The molecule has 0 saturated carbocycles. The molecule has 0 radical (unpaired) electrons. The molecule has 4 nitrogen and oxygen atoms in total. The molecule has 0 amide bonds. The number of ether oxygens (including phenoxy) is 1. The van der Waals surface area contributed by atoms with Crippen LogP contribution in [0.4, 0.5) is 13.2 Å². The van der Waals surface area contributed by atoms with Gasteiger partial charge in [-0.2, -0.15) is 13.2 Å². The zero-order valence-electron chi connectivity index (χ0n) is 13.6. The summed E-state index contributed by atoms with van der Waals surface area (Å²) in [7, 11) is 0. The molecule has 1 aromatic heterocycles. The zero-order valence-corrected chi connectivity index (χ0v) is 13.6. The highest BCUT2D eigenvalue weighted by molar-refractivity contribution is 5.84. The molecule has 0 atom stereocenters. The number of phenols is 1. The van der Waals surface area contributed by atoms with Gasteiger partial charge in [-0.1, -0.05) is 30.3 Å². The van der Waals surface area contributed by atoms with E-state index in [1.54, 1.807) is 18.2 Å². The second kappa shape index (κ2) is 6.05. The van der Waals surface area contributed by atoms with Crippen LogP contribution in [0.5, 0.6) is 17.2 Å². The van der Waals surface area contributed by atoms with Gasteiger partial charge in [-0.15, -0.1) is 0 Å². The molecule has 27 heavy (non-hydrogen) atoms. The van der Waals surface area contributed by atoms with E-state index in [1.807, 2.05) is 12.1 Å². The highest BCUT2D eigenvalue weighted by atomic mass is 19.4. The average Bonchev–Trinajstić information content (AvgIpc) is 2.62. The molecule has 0 unspecified atom stereocenters. The van der Waals surface area contributed by atoms with Gasteiger partial charge >= 0.3 is 6.18 Å². The van der Waals surface area contributed by atoms with Gasteiger partial charge < -0.3 is 14.3 Å². The Morgan fingerprint density at radius 2 is 1.67 bits per heavy atom. The van der Waals surface area contributed by atoms with E-state index < -0.39 is 23.1 Å². The van der Waals surface area contributed by atoms with Gasteiger partial charge in [-0.25, -0.2) is 0 Å². The number of benzene rings is 3. The van der Waals surface area contributed by atoms with Gasteiger partial charge in [-0.3, -0.25) is 4.79 Å². The summed E-state index contributed by atoms with van der Waals surface area (Å²) in [6.07, 6.45) is -4.95. The summed E-state index contributed by atoms with van der Waals surface area (Å²) in [6, 6.07) is 15.2. The Kier molecular flexibility index (Phi) is 3.80. The van der Waals surface area contributed by atoms with Crippen molar-refractivity contribution in [2.24, 2.45) is 0 Å². The maximum Gasteiger partial charge on any atom is 0.453 e. The normalized spacial score (nSPS) is 11.8. The first-order valence-electron chi connectivity index (χ1n) is 7.86. The lowest BCUT2D eigenvalue weighted by Crippen LogP contribution is -2.15. The molecule has 0 spiro atoms. The first kappa shape index (κ1) is 17.0. The second-order valence-electron chi connectivity index (χ2n) is 5.88. The molecule has 0 saturated heterocycles. The highest BCUT2D eigenvalue weighted by Gasteiger charge is 2.40. The van der Waals surface area contributed by atoms with E-state index in [-0.39, 0.29) is 22.5 Å². The maximum absolute atomic E-state index is 13.4. The van der Waals surface area contributed by atoms with Crippen LogP contribution in [0.25, 0.3) is 21.7 Å². The molecule has 4 rings (SSSR count). The van der Waals surface area contributed by atoms with Gasteiger partial charge in [0, 0.05) is 6.07 Å². The largest absolute Gasteiger partial charge is 0.508 e. The summed E-state index contributed by atoms with van der Waals surface area (Å²) in [5, 5.41) is 10.9. The smallest absolute Gasteiger partial charge is 0.453 e. The highest BCUT2D eigenvalue weighted by Crippen LogP contribution is 2.38. The van der Waals surface area contributed by atoms with Crippen molar-refractivity contribution in [1.29, 1.82) is 0 Å². The number of aromatic hydroxyl groups is 1. The van der Waals surface area contributed by atoms with Gasteiger partial charge in [0.25, 0.3) is 5.76 Å². The van der Waals surface area contributed by atoms with Gasteiger partial charge in [0.2, 0.25) is 11.2 Å². The first-order valence-corrected chi connectivity index (χ1v) is 7.86. The number of hydrogen-bond acceptors (Lipinski definition) is 4. The zero-order chi connectivity index (χ0) is 19.2. The Morgan fingerprint density at radius 1 is 0.926 bits per heavy atom. The molecule has 136 valence electrons. The van der Waals surface area contributed by atoms with E-state index in [4.69, 9.17) is 9.15 Å². The Bertz CT molecular complexity index is 1230. The van der Waals surface area contributed by atoms with Crippen LogP contribution in [-0.2, 0) is 6.18 Å². The molecule has 0 aliphatic carbocycles. The van der Waals surface area contributed by atoms with Crippen molar-refractivity contribution < 1.29 is 27.4 Å². The molecule has 0 fully saturated rings. The van der Waals surface area contributed by atoms with Crippen molar-refractivity contribution in [2.45, 2.75) is 6.18 Å². The Morgan fingerprint density at radius 3 is 2.41 bits per heavy atom. The Hall–Kier alpha value is -3.48. The number of phenolic OH excluding ortho intramolecular Hbond substituents is 1. The van der Waals surface area contributed by atoms with E-state index >= 15 is 0 Å². The van der Waals surface area contributed by atoms with Crippen molar-refractivity contribution in [3.8, 4) is 17.2 Å². The van der Waals surface area contributed by atoms with Crippen LogP contribution < -0.4 is 10.2 Å². The standard InChI is InChI=1S/C20H11F3O4/c21-20(22,23)19-18(17(25)15-8-6-13(24)10-16(15)27-19)26-14-7-5-11-3-1-2-4-12(11)9-14/h1-10,24H. The first-order chi connectivity index (χ1) is 12.8. The van der Waals surface area contributed by atoms with Gasteiger partial charge in [0.15, 0.2) is 0 Å². The van der Waals surface area contributed by atoms with E-state index in [9.17, 15) is 23.1 Å². The Labute approximate surface area is 150 Å². The van der Waals surface area contributed by atoms with E-state index in [0.29, 0.717) is 0 Å². The monoisotopic (exact) mass is 372 g/mol. The quantitative estimate of drug-likeness (QED) is 0.507. The summed E-state index contributed by atoms with van der Waals surface area (Å²) >= 11 is 0. The van der Waals surface area contributed by atoms with Gasteiger partial charge in [0.05, 0.1) is 5.39 Å². The number of halogens is 3. The SMILES string of the molecule is O=c1c(Oc2ccc3ccccc3c2)c(C(F)(F)F)oc2cc(O)ccc12. The van der Waals surface area contributed by atoms with Crippen LogP contribution in [0.1, 0.15) is 5.76 Å². The lowest BCUT2D eigenvalue weighted by atomic mass is 10.1. The van der Waals surface area contributed by atoms with Gasteiger partial charge in [0.1, 0.15) is 17.1 Å². The molecule has 4 aromatic rings.